The predicted molar refractivity (Wildman–Crippen MR) is 52.3 cm³/mol. The van der Waals surface area contributed by atoms with Crippen molar-refractivity contribution in [3.63, 3.8) is 0 Å². The monoisotopic (exact) mass is 170 g/mol. The molecule has 1 aliphatic rings. The van der Waals surface area contributed by atoms with Gasteiger partial charge in [0.2, 0.25) is 0 Å². The van der Waals surface area contributed by atoms with Crippen LogP contribution < -0.4 is 0 Å². The Balaban J connectivity index is 2.35. The van der Waals surface area contributed by atoms with Gasteiger partial charge in [-0.1, -0.05) is 26.7 Å². The quantitative estimate of drug-likeness (QED) is 0.627. The SMILES string of the molecule is CCC(C)(CC)OC1CCCC1. The Morgan fingerprint density at radius 1 is 1.17 bits per heavy atom. The molecule has 0 aromatic rings. The summed E-state index contributed by atoms with van der Waals surface area (Å²) < 4.78 is 6.10. The lowest BCUT2D eigenvalue weighted by Crippen LogP contribution is -2.31. The molecule has 0 aliphatic heterocycles. The van der Waals surface area contributed by atoms with E-state index in [1.54, 1.807) is 0 Å². The maximum atomic E-state index is 6.10. The van der Waals surface area contributed by atoms with Crippen LogP contribution in [-0.4, -0.2) is 11.7 Å². The van der Waals surface area contributed by atoms with Crippen LogP contribution in [0.2, 0.25) is 0 Å². The molecule has 0 spiro atoms. The number of hydrogen-bond donors (Lipinski definition) is 0. The first-order chi connectivity index (χ1) is 5.70. The average Bonchev–Trinajstić information content (AvgIpc) is 2.57. The van der Waals surface area contributed by atoms with Crippen molar-refractivity contribution in [2.24, 2.45) is 0 Å². The molecule has 0 heterocycles. The van der Waals surface area contributed by atoms with Gasteiger partial charge in [-0.05, 0) is 32.6 Å². The van der Waals surface area contributed by atoms with Gasteiger partial charge in [-0.15, -0.1) is 0 Å². The lowest BCUT2D eigenvalue weighted by molar-refractivity contribution is -0.0838. The van der Waals surface area contributed by atoms with Crippen molar-refractivity contribution in [3.05, 3.63) is 0 Å². The summed E-state index contributed by atoms with van der Waals surface area (Å²) in [7, 11) is 0. The molecule has 0 N–H and O–H groups in total. The zero-order valence-corrected chi connectivity index (χ0v) is 8.73. The normalized spacial score (nSPS) is 20.2. The molecule has 0 unspecified atom stereocenters. The summed E-state index contributed by atoms with van der Waals surface area (Å²) in [6.07, 6.45) is 8.16. The molecule has 0 aromatic heterocycles. The van der Waals surface area contributed by atoms with Crippen LogP contribution >= 0.6 is 0 Å². The Kier molecular flexibility index (Phi) is 3.57. The van der Waals surface area contributed by atoms with E-state index in [9.17, 15) is 0 Å². The van der Waals surface area contributed by atoms with Gasteiger partial charge in [0.05, 0.1) is 11.7 Å². The van der Waals surface area contributed by atoms with Crippen molar-refractivity contribution in [1.82, 2.24) is 0 Å². The second-order valence-corrected chi connectivity index (χ2v) is 4.18. The summed E-state index contributed by atoms with van der Waals surface area (Å²) in [6.45, 7) is 6.68. The van der Waals surface area contributed by atoms with Gasteiger partial charge in [0.15, 0.2) is 0 Å². The third-order valence-corrected chi connectivity index (χ3v) is 3.25. The van der Waals surface area contributed by atoms with E-state index in [1.807, 2.05) is 0 Å². The molecule has 0 saturated heterocycles. The van der Waals surface area contributed by atoms with Gasteiger partial charge >= 0.3 is 0 Å². The van der Waals surface area contributed by atoms with E-state index in [0.717, 1.165) is 12.8 Å². The second-order valence-electron chi connectivity index (χ2n) is 4.18. The van der Waals surface area contributed by atoms with Crippen molar-refractivity contribution in [2.45, 2.75) is 71.0 Å². The van der Waals surface area contributed by atoms with E-state index < -0.39 is 0 Å². The van der Waals surface area contributed by atoms with Crippen molar-refractivity contribution in [2.75, 3.05) is 0 Å². The zero-order chi connectivity index (χ0) is 9.03. The fourth-order valence-electron chi connectivity index (χ4n) is 1.83. The minimum Gasteiger partial charge on any atom is -0.372 e. The van der Waals surface area contributed by atoms with E-state index in [0.29, 0.717) is 6.10 Å². The Labute approximate surface area is 76.5 Å². The van der Waals surface area contributed by atoms with Crippen LogP contribution in [0, 0.1) is 0 Å². The fraction of sp³-hybridized carbons (Fsp3) is 1.00. The summed E-state index contributed by atoms with van der Waals surface area (Å²) in [6, 6.07) is 0. The molecule has 0 radical (unpaired) electrons. The molecule has 1 saturated carbocycles. The van der Waals surface area contributed by atoms with E-state index in [4.69, 9.17) is 4.74 Å². The highest BCUT2D eigenvalue weighted by Gasteiger charge is 2.26. The molecule has 0 amide bonds. The third kappa shape index (κ3) is 2.48. The summed E-state index contributed by atoms with van der Waals surface area (Å²) in [5.41, 5.74) is 0.148. The Morgan fingerprint density at radius 2 is 1.67 bits per heavy atom. The summed E-state index contributed by atoms with van der Waals surface area (Å²) in [4.78, 5) is 0. The molecule has 0 atom stereocenters. The summed E-state index contributed by atoms with van der Waals surface area (Å²) >= 11 is 0. The maximum Gasteiger partial charge on any atom is 0.0653 e. The average molecular weight is 170 g/mol. The van der Waals surface area contributed by atoms with Crippen molar-refractivity contribution in [1.29, 1.82) is 0 Å². The van der Waals surface area contributed by atoms with Crippen LogP contribution in [0.5, 0.6) is 0 Å². The number of rotatable bonds is 4. The molecule has 1 aliphatic carbocycles. The minimum absolute atomic E-state index is 0.148. The van der Waals surface area contributed by atoms with Crippen molar-refractivity contribution < 1.29 is 4.74 Å². The first-order valence-corrected chi connectivity index (χ1v) is 5.38. The highest BCUT2D eigenvalue weighted by atomic mass is 16.5. The van der Waals surface area contributed by atoms with Crippen LogP contribution in [0.1, 0.15) is 59.3 Å². The topological polar surface area (TPSA) is 9.23 Å². The lowest BCUT2D eigenvalue weighted by Gasteiger charge is -2.30. The van der Waals surface area contributed by atoms with E-state index >= 15 is 0 Å². The minimum atomic E-state index is 0.148. The molecular formula is C11H22O. The number of hydrogen-bond acceptors (Lipinski definition) is 1. The fourth-order valence-corrected chi connectivity index (χ4v) is 1.83. The Bertz CT molecular complexity index is 121. The summed E-state index contributed by atoms with van der Waals surface area (Å²) in [5, 5.41) is 0. The number of ether oxygens (including phenoxy) is 1. The van der Waals surface area contributed by atoms with E-state index in [2.05, 4.69) is 20.8 Å². The van der Waals surface area contributed by atoms with Gasteiger partial charge in [0.1, 0.15) is 0 Å². The van der Waals surface area contributed by atoms with Gasteiger partial charge < -0.3 is 4.74 Å². The van der Waals surface area contributed by atoms with Crippen LogP contribution in [0.3, 0.4) is 0 Å². The molecule has 1 nitrogen and oxygen atoms in total. The molecule has 1 rings (SSSR count). The van der Waals surface area contributed by atoms with Crippen molar-refractivity contribution in [3.8, 4) is 0 Å². The van der Waals surface area contributed by atoms with Gasteiger partial charge in [0, 0.05) is 0 Å². The first-order valence-electron chi connectivity index (χ1n) is 5.38. The molecule has 1 heteroatoms. The van der Waals surface area contributed by atoms with Gasteiger partial charge in [0.25, 0.3) is 0 Å². The first kappa shape index (κ1) is 10.0. The van der Waals surface area contributed by atoms with Crippen molar-refractivity contribution >= 4 is 0 Å². The maximum absolute atomic E-state index is 6.10. The third-order valence-electron chi connectivity index (χ3n) is 3.25. The van der Waals surface area contributed by atoms with Gasteiger partial charge in [-0.2, -0.15) is 0 Å². The molecule has 0 bridgehead atoms. The second kappa shape index (κ2) is 4.27. The van der Waals surface area contributed by atoms with E-state index in [-0.39, 0.29) is 5.60 Å². The van der Waals surface area contributed by atoms with Gasteiger partial charge in [-0.3, -0.25) is 0 Å². The van der Waals surface area contributed by atoms with Gasteiger partial charge in [-0.25, -0.2) is 0 Å². The molecular weight excluding hydrogens is 148 g/mol. The van der Waals surface area contributed by atoms with Crippen LogP contribution in [0.4, 0.5) is 0 Å². The smallest absolute Gasteiger partial charge is 0.0653 e. The van der Waals surface area contributed by atoms with Crippen LogP contribution in [-0.2, 0) is 4.74 Å². The largest absolute Gasteiger partial charge is 0.372 e. The van der Waals surface area contributed by atoms with Crippen LogP contribution in [0.25, 0.3) is 0 Å². The summed E-state index contributed by atoms with van der Waals surface area (Å²) in [5.74, 6) is 0. The molecule has 0 aromatic carbocycles. The Hall–Kier alpha value is -0.0400. The molecule has 1 fully saturated rings. The molecule has 12 heavy (non-hydrogen) atoms. The van der Waals surface area contributed by atoms with E-state index in [1.165, 1.54) is 25.7 Å². The highest BCUT2D eigenvalue weighted by Crippen LogP contribution is 2.29. The Morgan fingerprint density at radius 3 is 2.08 bits per heavy atom. The highest BCUT2D eigenvalue weighted by molar-refractivity contribution is 4.76. The lowest BCUT2D eigenvalue weighted by atomic mass is 9.99. The predicted octanol–water partition coefficient (Wildman–Crippen LogP) is 3.52. The molecule has 72 valence electrons. The zero-order valence-electron chi connectivity index (χ0n) is 8.73. The van der Waals surface area contributed by atoms with Crippen LogP contribution in [0.15, 0.2) is 0 Å². The standard InChI is InChI=1S/C11H22O/c1-4-11(3,5-2)12-10-8-6-7-9-10/h10H,4-9H2,1-3H3.